The number of anilines is 3. The maximum absolute atomic E-state index is 3.68. The molecular formula is C55H38N2. The molecule has 0 spiro atoms. The van der Waals surface area contributed by atoms with Crippen molar-refractivity contribution in [1.82, 2.24) is 0 Å². The van der Waals surface area contributed by atoms with E-state index in [1.165, 1.54) is 92.8 Å². The van der Waals surface area contributed by atoms with Crippen LogP contribution in [0.4, 0.5) is 17.1 Å². The second-order valence-electron chi connectivity index (χ2n) is 15.1. The smallest absolute Gasteiger partial charge is 0.0620 e. The maximum atomic E-state index is 3.68. The van der Waals surface area contributed by atoms with E-state index in [9.17, 15) is 0 Å². The molecule has 0 atom stereocenters. The topological polar surface area (TPSA) is 24.1 Å². The highest BCUT2D eigenvalue weighted by Gasteiger charge is 2.18. The zero-order chi connectivity index (χ0) is 37.7. The molecule has 11 rings (SSSR count). The maximum Gasteiger partial charge on any atom is 0.0620 e. The molecule has 2 heteroatoms. The fourth-order valence-electron chi connectivity index (χ4n) is 8.71. The molecule has 0 radical (unpaired) electrons. The molecule has 0 aromatic heterocycles. The summed E-state index contributed by atoms with van der Waals surface area (Å²) in [6.45, 7) is 0.716. The summed E-state index contributed by atoms with van der Waals surface area (Å²) in [7, 11) is 0. The Bertz CT molecular complexity index is 3240. The van der Waals surface area contributed by atoms with Crippen molar-refractivity contribution in [1.29, 1.82) is 0 Å². The summed E-state index contributed by atoms with van der Waals surface area (Å²) in [5.41, 5.74) is 11.8. The molecule has 268 valence electrons. The van der Waals surface area contributed by atoms with Crippen molar-refractivity contribution in [3.8, 4) is 33.4 Å². The molecule has 57 heavy (non-hydrogen) atoms. The zero-order valence-corrected chi connectivity index (χ0v) is 31.3. The fourth-order valence-corrected chi connectivity index (χ4v) is 8.71. The molecule has 0 unspecified atom stereocenters. The number of hydrogen-bond donors (Lipinski definition) is 2. The first-order valence-electron chi connectivity index (χ1n) is 19.7. The first-order chi connectivity index (χ1) is 28.2. The van der Waals surface area contributed by atoms with Crippen LogP contribution in [0.25, 0.3) is 87.2 Å². The quantitative estimate of drug-likeness (QED) is 0.152. The van der Waals surface area contributed by atoms with Gasteiger partial charge in [0, 0.05) is 12.2 Å². The van der Waals surface area contributed by atoms with E-state index in [1.54, 1.807) is 0 Å². The average Bonchev–Trinajstić information content (AvgIpc) is 3.28. The van der Waals surface area contributed by atoms with Crippen LogP contribution >= 0.6 is 0 Å². The van der Waals surface area contributed by atoms with Gasteiger partial charge in [0.25, 0.3) is 0 Å². The Kier molecular flexibility index (Phi) is 7.93. The van der Waals surface area contributed by atoms with Gasteiger partial charge in [0.1, 0.15) is 0 Å². The largest absolute Gasteiger partial charge is 0.379 e. The van der Waals surface area contributed by atoms with E-state index in [4.69, 9.17) is 0 Å². The number of rotatable bonds is 8. The first-order valence-corrected chi connectivity index (χ1v) is 19.7. The molecular weight excluding hydrogens is 689 g/mol. The van der Waals surface area contributed by atoms with Crippen molar-refractivity contribution in [2.75, 3.05) is 10.6 Å². The number of hydrogen-bond acceptors (Lipinski definition) is 2. The van der Waals surface area contributed by atoms with Gasteiger partial charge in [-0.2, -0.15) is 0 Å². The lowest BCUT2D eigenvalue weighted by Crippen LogP contribution is -2.02. The van der Waals surface area contributed by atoms with E-state index in [1.807, 2.05) is 6.07 Å². The average molecular weight is 727 g/mol. The van der Waals surface area contributed by atoms with E-state index in [0.717, 1.165) is 17.1 Å². The van der Waals surface area contributed by atoms with Gasteiger partial charge in [-0.25, -0.2) is 0 Å². The van der Waals surface area contributed by atoms with Crippen molar-refractivity contribution < 1.29 is 0 Å². The van der Waals surface area contributed by atoms with Crippen LogP contribution in [-0.4, -0.2) is 0 Å². The van der Waals surface area contributed by atoms with Crippen LogP contribution in [0, 0.1) is 0 Å². The molecule has 0 heterocycles. The number of fused-ring (bicyclic) bond motifs is 2. The third kappa shape index (κ3) is 6.00. The van der Waals surface area contributed by atoms with Crippen LogP contribution in [0.15, 0.2) is 206 Å². The van der Waals surface area contributed by atoms with E-state index in [0.29, 0.717) is 6.54 Å². The zero-order valence-electron chi connectivity index (χ0n) is 31.3. The molecule has 2 nitrogen and oxygen atoms in total. The summed E-state index contributed by atoms with van der Waals surface area (Å²) in [5, 5.41) is 20.0. The van der Waals surface area contributed by atoms with E-state index < -0.39 is 0 Å². The van der Waals surface area contributed by atoms with Crippen LogP contribution in [-0.2, 0) is 6.54 Å². The fraction of sp³-hybridized carbons (Fsp3) is 0.0182. The third-order valence-corrected chi connectivity index (χ3v) is 11.6. The molecule has 0 aliphatic carbocycles. The molecule has 11 aromatic carbocycles. The Labute approximate surface area is 332 Å². The predicted molar refractivity (Wildman–Crippen MR) is 245 cm³/mol. The van der Waals surface area contributed by atoms with Crippen LogP contribution in [0.5, 0.6) is 0 Å². The molecule has 0 aliphatic heterocycles. The Balaban J connectivity index is 1.01. The summed E-state index contributed by atoms with van der Waals surface area (Å²) in [4.78, 5) is 0. The van der Waals surface area contributed by atoms with Crippen molar-refractivity contribution >= 4 is 70.9 Å². The number of benzene rings is 11. The van der Waals surface area contributed by atoms with Crippen LogP contribution in [0.3, 0.4) is 0 Å². The molecule has 0 bridgehead atoms. The molecule has 0 saturated heterocycles. The summed E-state index contributed by atoms with van der Waals surface area (Å²) in [6, 6.07) is 75.3. The molecule has 2 N–H and O–H groups in total. The number of para-hydroxylation sites is 3. The van der Waals surface area contributed by atoms with Crippen molar-refractivity contribution in [2.45, 2.75) is 6.54 Å². The van der Waals surface area contributed by atoms with Gasteiger partial charge in [-0.15, -0.1) is 0 Å². The van der Waals surface area contributed by atoms with Gasteiger partial charge in [-0.1, -0.05) is 152 Å². The minimum atomic E-state index is 0.716. The van der Waals surface area contributed by atoms with Crippen LogP contribution < -0.4 is 10.6 Å². The Morgan fingerprint density at radius 1 is 0.316 bits per heavy atom. The van der Waals surface area contributed by atoms with E-state index >= 15 is 0 Å². The lowest BCUT2D eigenvalue weighted by Gasteiger charge is -2.19. The van der Waals surface area contributed by atoms with E-state index in [-0.39, 0.29) is 0 Å². The summed E-state index contributed by atoms with van der Waals surface area (Å²) in [6.07, 6.45) is 0. The Morgan fingerprint density at radius 3 is 1.51 bits per heavy atom. The lowest BCUT2D eigenvalue weighted by atomic mass is 9.84. The van der Waals surface area contributed by atoms with Crippen molar-refractivity contribution in [3.05, 3.63) is 212 Å². The highest BCUT2D eigenvalue weighted by atomic mass is 15.0. The van der Waals surface area contributed by atoms with Gasteiger partial charge in [-0.3, -0.25) is 0 Å². The summed E-state index contributed by atoms with van der Waals surface area (Å²) < 4.78 is 0. The summed E-state index contributed by atoms with van der Waals surface area (Å²) in [5.74, 6) is 0. The van der Waals surface area contributed by atoms with Crippen molar-refractivity contribution in [2.24, 2.45) is 0 Å². The van der Waals surface area contributed by atoms with Gasteiger partial charge in [0.05, 0.1) is 11.4 Å². The normalized spacial score (nSPS) is 11.6. The van der Waals surface area contributed by atoms with Crippen LogP contribution in [0.1, 0.15) is 5.56 Å². The highest BCUT2D eigenvalue weighted by Crippen LogP contribution is 2.45. The molecule has 11 aromatic rings. The second-order valence-corrected chi connectivity index (χ2v) is 15.1. The van der Waals surface area contributed by atoms with Gasteiger partial charge in [0.2, 0.25) is 0 Å². The predicted octanol–water partition coefficient (Wildman–Crippen LogP) is 15.2. The van der Waals surface area contributed by atoms with Gasteiger partial charge >= 0.3 is 0 Å². The monoisotopic (exact) mass is 726 g/mol. The molecule has 0 amide bonds. The highest BCUT2D eigenvalue weighted by molar-refractivity contribution is 6.29. The molecule has 0 saturated carbocycles. The summed E-state index contributed by atoms with van der Waals surface area (Å²) >= 11 is 0. The Hall–Kier alpha value is -7.42. The minimum Gasteiger partial charge on any atom is -0.379 e. The minimum absolute atomic E-state index is 0.716. The van der Waals surface area contributed by atoms with E-state index in [2.05, 4.69) is 211 Å². The van der Waals surface area contributed by atoms with Gasteiger partial charge in [-0.05, 0) is 147 Å². The van der Waals surface area contributed by atoms with Gasteiger partial charge in [0.15, 0.2) is 0 Å². The van der Waals surface area contributed by atoms with Crippen LogP contribution in [0.2, 0.25) is 0 Å². The number of nitrogens with one attached hydrogen (secondary N) is 2. The van der Waals surface area contributed by atoms with Crippen molar-refractivity contribution in [3.63, 3.8) is 0 Å². The molecule has 0 fully saturated rings. The third-order valence-electron chi connectivity index (χ3n) is 11.6. The SMILES string of the molecule is c1ccc(Nc2ccccc2NCc2ccc(-c3cc(-c4ccc5ccccc5c4)c4ccc5cc(-c6ccc7ccccc7c6)cc6ccc3c4c65)cc2)cc1. The molecule has 0 aliphatic rings. The second kappa shape index (κ2) is 13.7. The first kappa shape index (κ1) is 33.0. The standard InChI is InChI=1S/C55H38N2/c1-2-14-47(15-3-1)57-53-17-9-8-16-52(53)56-35-36-18-20-39(21-19-36)50-34-51(43-25-23-38-11-5-7-13-41(38)31-43)49-29-27-45-33-46(32-44-26-28-48(50)55(49)54(44)45)42-24-22-37-10-4-6-12-40(37)30-42/h1-34,56-57H,35H2. The lowest BCUT2D eigenvalue weighted by molar-refractivity contribution is 1.15. The Morgan fingerprint density at radius 2 is 0.825 bits per heavy atom. The van der Waals surface area contributed by atoms with Gasteiger partial charge < -0.3 is 10.6 Å².